The number of hydrogen-bond donors (Lipinski definition) is 0. The van der Waals surface area contributed by atoms with Gasteiger partial charge in [0, 0.05) is 85.4 Å². The van der Waals surface area contributed by atoms with Gasteiger partial charge in [0.2, 0.25) is 0 Å². The lowest BCUT2D eigenvalue weighted by molar-refractivity contribution is 1.11. The molecule has 2 heterocycles. The van der Waals surface area contributed by atoms with Gasteiger partial charge in [-0.05, 0) is 181 Å². The number of thiophene rings is 2. The van der Waals surface area contributed by atoms with Crippen LogP contribution in [0.1, 0.15) is 18.6 Å². The normalized spacial score (nSPS) is 10.7. The number of anilines is 3. The minimum absolute atomic E-state index is 0. The van der Waals surface area contributed by atoms with Gasteiger partial charge in [-0.1, -0.05) is 152 Å². The molecule has 13 heteroatoms. The Hall–Kier alpha value is -1.50. The highest BCUT2D eigenvalue weighted by atomic mass is 127. The predicted molar refractivity (Wildman–Crippen MR) is 313 cm³/mol. The molecule has 0 aliphatic rings. The van der Waals surface area contributed by atoms with Gasteiger partial charge in [0.25, 0.3) is 0 Å². The van der Waals surface area contributed by atoms with Crippen molar-refractivity contribution in [1.29, 1.82) is 0 Å². The van der Waals surface area contributed by atoms with Crippen molar-refractivity contribution in [3.63, 3.8) is 0 Å². The van der Waals surface area contributed by atoms with E-state index in [0.717, 1.165) is 59.3 Å². The first kappa shape index (κ1) is 50.9. The zero-order valence-corrected chi connectivity index (χ0v) is 48.3. The van der Waals surface area contributed by atoms with E-state index in [4.69, 9.17) is 0 Å². The van der Waals surface area contributed by atoms with Crippen LogP contribution in [0, 0.1) is 3.57 Å². The first-order valence-electron chi connectivity index (χ1n) is 18.5. The van der Waals surface area contributed by atoms with Gasteiger partial charge in [0.05, 0.1) is 11.4 Å². The Bertz CT molecular complexity index is 3200. The Balaban J connectivity index is 0.000000179. The van der Waals surface area contributed by atoms with Crippen LogP contribution < -0.4 is 4.90 Å². The van der Waals surface area contributed by atoms with E-state index in [0.29, 0.717) is 0 Å². The second-order valence-corrected chi connectivity index (χ2v) is 24.2. The zero-order chi connectivity index (χ0) is 42.8. The first-order valence-corrected chi connectivity index (χ1v) is 27.5. The molecule has 10 rings (SSSR count). The lowest BCUT2D eigenvalue weighted by atomic mass is 10.0. The minimum atomic E-state index is 0. The highest BCUT2D eigenvalue weighted by Crippen LogP contribution is 2.47. The molecule has 0 aliphatic carbocycles. The van der Waals surface area contributed by atoms with Crippen LogP contribution in [0.4, 0.5) is 21.8 Å². The van der Waals surface area contributed by atoms with Crippen molar-refractivity contribution < 1.29 is 4.70 Å². The number of fused-ring (bicyclic) bond motifs is 6. The van der Waals surface area contributed by atoms with Gasteiger partial charge < -0.3 is 4.90 Å². The third-order valence-corrected chi connectivity index (χ3v) is 17.4. The molecular weight excluding hydrogens is 1460 g/mol. The van der Waals surface area contributed by atoms with E-state index in [-0.39, 0.29) is 12.1 Å². The van der Waals surface area contributed by atoms with E-state index >= 15 is 0 Å². The molecule has 63 heavy (non-hydrogen) atoms. The molecule has 0 spiro atoms. The van der Waals surface area contributed by atoms with E-state index < -0.39 is 0 Å². The summed E-state index contributed by atoms with van der Waals surface area (Å²) in [5, 5.41) is 5.17. The fourth-order valence-electron chi connectivity index (χ4n) is 6.82. The molecule has 0 saturated heterocycles. The summed E-state index contributed by atoms with van der Waals surface area (Å²) in [5.41, 5.74) is 5.82. The summed E-state index contributed by atoms with van der Waals surface area (Å²) in [5.74, 6) is 0. The summed E-state index contributed by atoms with van der Waals surface area (Å²) in [7, 11) is 0. The largest absolute Gasteiger partial charge is 0.308 e. The highest BCUT2D eigenvalue weighted by Gasteiger charge is 2.20. The lowest BCUT2D eigenvalue weighted by Crippen LogP contribution is -2.11. The van der Waals surface area contributed by atoms with Crippen molar-refractivity contribution >= 4 is 230 Å². The van der Waals surface area contributed by atoms with E-state index in [1.165, 1.54) is 55.0 Å². The maximum absolute atomic E-state index is 3.86. The average molecular weight is 1500 g/mol. The molecule has 8 aromatic carbocycles. The molecule has 0 bridgehead atoms. The summed E-state index contributed by atoms with van der Waals surface area (Å²) in [6.45, 7) is 0. The molecular formula is C50H33Br8FINS2. The van der Waals surface area contributed by atoms with Gasteiger partial charge in [-0.15, -0.1) is 22.7 Å². The predicted octanol–water partition coefficient (Wildman–Crippen LogP) is 22.3. The molecule has 0 atom stereocenters. The van der Waals surface area contributed by atoms with Gasteiger partial charge in [-0.3, -0.25) is 4.70 Å². The summed E-state index contributed by atoms with van der Waals surface area (Å²) < 4.78 is 15.2. The van der Waals surface area contributed by atoms with Crippen molar-refractivity contribution in [2.45, 2.75) is 13.8 Å². The highest BCUT2D eigenvalue weighted by molar-refractivity contribution is 14.1. The molecule has 0 radical (unpaired) electrons. The Morgan fingerprint density at radius 2 is 0.841 bits per heavy atom. The van der Waals surface area contributed by atoms with Crippen LogP contribution in [-0.4, -0.2) is 0 Å². The molecule has 0 saturated carbocycles. The van der Waals surface area contributed by atoms with Gasteiger partial charge in [0.15, 0.2) is 0 Å². The molecule has 0 fully saturated rings. The molecule has 0 aliphatic heterocycles. The summed E-state index contributed by atoms with van der Waals surface area (Å²) in [6.07, 6.45) is 0.879. The third kappa shape index (κ3) is 12.2. The fraction of sp³-hybridized carbons (Fsp3) is 0.0400. The van der Waals surface area contributed by atoms with Crippen LogP contribution in [0.25, 0.3) is 40.3 Å². The number of nitrogens with zero attached hydrogens (tertiary/aromatic N) is 1. The maximum Gasteiger partial charge on any atom is 0.0615 e. The molecule has 10 aromatic rings. The number of para-hydroxylation sites is 1. The first-order chi connectivity index (χ1) is 29.4. The molecule has 0 N–H and O–H groups in total. The third-order valence-electron chi connectivity index (χ3n) is 9.63. The Morgan fingerprint density at radius 3 is 1.41 bits per heavy atom. The average Bonchev–Trinajstić information content (AvgIpc) is 3.77. The van der Waals surface area contributed by atoms with Crippen molar-refractivity contribution in [2.75, 3.05) is 4.90 Å². The quantitative estimate of drug-likeness (QED) is 0.155. The second kappa shape index (κ2) is 23.0. The van der Waals surface area contributed by atoms with E-state index in [1.807, 2.05) is 53.0 Å². The minimum Gasteiger partial charge on any atom is -0.308 e. The van der Waals surface area contributed by atoms with E-state index in [2.05, 4.69) is 282 Å². The van der Waals surface area contributed by atoms with Crippen molar-refractivity contribution in [3.05, 3.63) is 208 Å². The van der Waals surface area contributed by atoms with Gasteiger partial charge in [-0.2, -0.15) is 0 Å². The second-order valence-electron chi connectivity index (χ2n) is 13.7. The number of halogens is 10. The summed E-state index contributed by atoms with van der Waals surface area (Å²) >= 11 is 35.3. The van der Waals surface area contributed by atoms with Crippen LogP contribution in [0.5, 0.6) is 0 Å². The molecule has 1 nitrogen and oxygen atoms in total. The smallest absolute Gasteiger partial charge is 0.0615 e. The van der Waals surface area contributed by atoms with Crippen molar-refractivity contribution in [3.8, 4) is 0 Å². The molecule has 320 valence electrons. The molecule has 0 amide bonds. The van der Waals surface area contributed by atoms with Crippen LogP contribution >= 0.6 is 173 Å². The zero-order valence-electron chi connectivity index (χ0n) is 31.8. The summed E-state index contributed by atoms with van der Waals surface area (Å²) in [4.78, 5) is 2.28. The monoisotopic (exact) mass is 1490 g/mol. The van der Waals surface area contributed by atoms with Crippen LogP contribution in [0.2, 0.25) is 0 Å². The molecule has 0 unspecified atom stereocenters. The topological polar surface area (TPSA) is 3.24 Å². The van der Waals surface area contributed by atoms with Gasteiger partial charge >= 0.3 is 0 Å². The Labute approximate surface area is 455 Å². The van der Waals surface area contributed by atoms with Gasteiger partial charge in [-0.25, -0.2) is 0 Å². The standard InChI is InChI=1S/C24H13Br4NS.C19H10Br4S.C6H5I.CH4.FH/c25-14-7-9-19(27)21(10-14)29(16-4-2-1-3-5-16)22-12-18-17-8-6-15(26)11-23(17)30-24(18)13-20(22)28;20-12-2-4-16(22)10(6-12)5-11-7-15-14-3-1-13(21)8-18(14)24-19(15)9-17(11)23;7-6-4-2-1-3-5-6;;/h1-13H;1-4,6-9H,5H2;1-5H;1H4;1H. The molecule has 2 aromatic heterocycles. The van der Waals surface area contributed by atoms with Crippen LogP contribution in [0.15, 0.2) is 194 Å². The number of benzene rings is 8. The Kier molecular flexibility index (Phi) is 18.6. The van der Waals surface area contributed by atoms with Crippen LogP contribution in [-0.2, 0) is 6.42 Å². The van der Waals surface area contributed by atoms with Crippen LogP contribution in [0.3, 0.4) is 0 Å². The SMILES string of the molecule is Brc1ccc(Br)c(Cc2cc3c(cc2Br)sc2cc(Br)ccc23)c1.Brc1ccc(Br)c(N(c2ccccc2)c2cc3c(cc2Br)sc2cc(Br)ccc23)c1.C.F.Ic1ccccc1. The summed E-state index contributed by atoms with van der Waals surface area (Å²) in [6, 6.07) is 55.3. The van der Waals surface area contributed by atoms with Crippen molar-refractivity contribution in [1.82, 2.24) is 0 Å². The lowest BCUT2D eigenvalue weighted by Gasteiger charge is -2.28. The fourth-order valence-corrected chi connectivity index (χ4v) is 13.5. The van der Waals surface area contributed by atoms with Gasteiger partial charge in [0.1, 0.15) is 0 Å². The van der Waals surface area contributed by atoms with E-state index in [1.54, 1.807) is 0 Å². The number of hydrogen-bond acceptors (Lipinski definition) is 3. The Morgan fingerprint density at radius 1 is 0.397 bits per heavy atom. The number of rotatable bonds is 5. The van der Waals surface area contributed by atoms with Crippen molar-refractivity contribution in [2.24, 2.45) is 0 Å². The maximum atomic E-state index is 3.86. The van der Waals surface area contributed by atoms with E-state index in [9.17, 15) is 0 Å².